The fraction of sp³-hybridized carbons (Fsp3) is 0.636. The Morgan fingerprint density at radius 1 is 1.41 bits per heavy atom. The molecular weight excluding hydrogens is 462 g/mol. The number of rotatable bonds is 3. The fourth-order valence-corrected chi connectivity index (χ4v) is 8.66. The van der Waals surface area contributed by atoms with E-state index in [1.807, 2.05) is 0 Å². The Hall–Kier alpha value is -0.781. The molecule has 158 valence electrons. The predicted molar refractivity (Wildman–Crippen MR) is 109 cm³/mol. The molecule has 4 aliphatic carbocycles. The van der Waals surface area contributed by atoms with Gasteiger partial charge < -0.3 is 0 Å². The molecule has 4 rings (SSSR count). The maximum absolute atomic E-state index is 16.9. The minimum absolute atomic E-state index is 0.0467. The quantitative estimate of drug-likeness (QED) is 0.365. The summed E-state index contributed by atoms with van der Waals surface area (Å²) in [7, 11) is 0. The van der Waals surface area contributed by atoms with Gasteiger partial charge in [-0.1, -0.05) is 0 Å². The number of carbonyl (C=O) groups is 2. The maximum atomic E-state index is 16.9. The first-order valence-electron chi connectivity index (χ1n) is 9.92. The van der Waals surface area contributed by atoms with E-state index >= 15 is 4.39 Å². The zero-order valence-corrected chi connectivity index (χ0v) is 19.1. The predicted octanol–water partition coefficient (Wildman–Crippen LogP) is 2.68. The molecule has 0 aromatic carbocycles. The van der Waals surface area contributed by atoms with Gasteiger partial charge in [-0.05, 0) is 0 Å². The van der Waals surface area contributed by atoms with Crippen LogP contribution >= 0.6 is 11.6 Å². The van der Waals surface area contributed by atoms with E-state index in [0.29, 0.717) is 30.4 Å². The Kier molecular flexibility index (Phi) is 4.89. The fourth-order valence-electron chi connectivity index (χ4n) is 6.70. The Morgan fingerprint density at radius 3 is 2.76 bits per heavy atom. The van der Waals surface area contributed by atoms with Crippen molar-refractivity contribution >= 4 is 37.0 Å². The van der Waals surface area contributed by atoms with Gasteiger partial charge >= 0.3 is 182 Å². The molecule has 3 fully saturated rings. The molecule has 29 heavy (non-hydrogen) atoms. The van der Waals surface area contributed by atoms with E-state index < -0.39 is 49.1 Å². The van der Waals surface area contributed by atoms with Crippen molar-refractivity contribution in [2.24, 2.45) is 22.7 Å². The molecule has 0 aromatic heterocycles. The standard InChI is InChI=1S/C22H26ClFO4Se/c1-12-8-16-15-5-4-13-9-14(25)6-7-19(13,2)21(15,24)17(26)10-20(16,3)22(12,28)18(27)29-11-23/h6-7,9,15-17,26,28H,1,4-5,8,10-11H2,2-3H3/t15-,16-,17-,19-,20-,21-,22-/m0/s1. The van der Waals surface area contributed by atoms with E-state index in [9.17, 15) is 19.8 Å². The Labute approximate surface area is 181 Å². The van der Waals surface area contributed by atoms with Crippen molar-refractivity contribution in [1.29, 1.82) is 0 Å². The number of hydrogen-bond acceptors (Lipinski definition) is 4. The van der Waals surface area contributed by atoms with E-state index in [0.717, 1.165) is 0 Å². The number of allylic oxidation sites excluding steroid dienone is 4. The van der Waals surface area contributed by atoms with Crippen LogP contribution in [0, 0.1) is 22.7 Å². The molecule has 4 nitrogen and oxygen atoms in total. The van der Waals surface area contributed by atoms with E-state index in [1.54, 1.807) is 19.9 Å². The molecule has 0 spiro atoms. The van der Waals surface area contributed by atoms with Crippen LogP contribution in [0.5, 0.6) is 0 Å². The first kappa shape index (κ1) is 21.5. The second-order valence-corrected chi connectivity index (χ2v) is 12.3. The van der Waals surface area contributed by atoms with Gasteiger partial charge in [0.25, 0.3) is 0 Å². The van der Waals surface area contributed by atoms with Crippen molar-refractivity contribution in [3.63, 3.8) is 0 Å². The van der Waals surface area contributed by atoms with Crippen LogP contribution in [0.2, 0.25) is 0 Å². The van der Waals surface area contributed by atoms with Crippen LogP contribution in [0.3, 0.4) is 0 Å². The number of aliphatic hydroxyl groups excluding tert-OH is 1. The van der Waals surface area contributed by atoms with Crippen LogP contribution in [-0.4, -0.2) is 57.8 Å². The summed E-state index contributed by atoms with van der Waals surface area (Å²) < 4.78 is 16.7. The van der Waals surface area contributed by atoms with Gasteiger partial charge in [-0.25, -0.2) is 0 Å². The molecule has 4 aliphatic rings. The minimum atomic E-state index is -1.98. The normalized spacial score (nSPS) is 48.6. The molecule has 0 aliphatic heterocycles. The summed E-state index contributed by atoms with van der Waals surface area (Å²) in [5, 5.41) is 22.7. The third kappa shape index (κ3) is 2.44. The molecule has 3 saturated carbocycles. The van der Waals surface area contributed by atoms with Crippen molar-refractivity contribution < 1.29 is 24.2 Å². The summed E-state index contributed by atoms with van der Waals surface area (Å²) >= 11 is 5.17. The molecule has 7 atom stereocenters. The van der Waals surface area contributed by atoms with Crippen molar-refractivity contribution in [3.8, 4) is 0 Å². The average molecular weight is 488 g/mol. The summed E-state index contributed by atoms with van der Waals surface area (Å²) in [6.07, 6.45) is 4.39. The Morgan fingerprint density at radius 2 is 2.10 bits per heavy atom. The molecule has 0 amide bonds. The molecule has 0 unspecified atom stereocenters. The molecule has 7 heteroatoms. The van der Waals surface area contributed by atoms with Gasteiger partial charge in [-0.15, -0.1) is 0 Å². The summed E-state index contributed by atoms with van der Waals surface area (Å²) in [4.78, 5) is 24.8. The topological polar surface area (TPSA) is 74.6 Å². The third-order valence-electron chi connectivity index (χ3n) is 8.32. The Bertz CT molecular complexity index is 871. The van der Waals surface area contributed by atoms with Crippen LogP contribution in [0.4, 0.5) is 4.39 Å². The monoisotopic (exact) mass is 488 g/mol. The summed E-state index contributed by atoms with van der Waals surface area (Å²) in [6, 6.07) is 0. The van der Waals surface area contributed by atoms with Crippen molar-refractivity contribution in [2.75, 3.05) is 4.78 Å². The zero-order valence-electron chi connectivity index (χ0n) is 16.6. The van der Waals surface area contributed by atoms with Crippen LogP contribution < -0.4 is 0 Å². The molecular formula is C22H26ClFO4Se. The molecule has 0 radical (unpaired) electrons. The van der Waals surface area contributed by atoms with Crippen molar-refractivity contribution in [2.45, 2.75) is 56.9 Å². The second kappa shape index (κ2) is 6.61. The van der Waals surface area contributed by atoms with Gasteiger partial charge in [0.1, 0.15) is 0 Å². The van der Waals surface area contributed by atoms with E-state index in [-0.39, 0.29) is 27.6 Å². The van der Waals surface area contributed by atoms with Gasteiger partial charge in [0.15, 0.2) is 0 Å². The third-order valence-corrected chi connectivity index (χ3v) is 10.3. The summed E-state index contributed by atoms with van der Waals surface area (Å²) in [6.45, 7) is 7.53. The molecule has 2 N–H and O–H groups in total. The number of hydrogen-bond donors (Lipinski definition) is 2. The first-order chi connectivity index (χ1) is 13.5. The van der Waals surface area contributed by atoms with Crippen LogP contribution in [-0.2, 0) is 9.59 Å². The summed E-state index contributed by atoms with van der Waals surface area (Å²) in [5.74, 6) is -1.04. The van der Waals surface area contributed by atoms with Crippen LogP contribution in [0.25, 0.3) is 0 Å². The van der Waals surface area contributed by atoms with Gasteiger partial charge in [0.2, 0.25) is 0 Å². The molecule has 0 saturated heterocycles. The van der Waals surface area contributed by atoms with Gasteiger partial charge in [-0.2, -0.15) is 0 Å². The SMILES string of the molecule is C=C1C[C@H]2[C@@H]3CCC4=CC(=O)C=C[C@]4(C)[C@@]3(F)[C@@H](O)C[C@]2(C)[C@@]1(O)C(=O)[Se]CCl. The molecule has 0 aromatic rings. The van der Waals surface area contributed by atoms with E-state index in [2.05, 4.69) is 6.58 Å². The van der Waals surface area contributed by atoms with Gasteiger partial charge in [0.05, 0.1) is 0 Å². The van der Waals surface area contributed by atoms with Gasteiger partial charge in [-0.3, -0.25) is 0 Å². The summed E-state index contributed by atoms with van der Waals surface area (Å²) in [5.41, 5.74) is -4.74. The van der Waals surface area contributed by atoms with E-state index in [1.165, 1.54) is 12.2 Å². The molecule has 0 heterocycles. The van der Waals surface area contributed by atoms with Crippen molar-refractivity contribution in [3.05, 3.63) is 36.0 Å². The number of fused-ring (bicyclic) bond motifs is 5. The second-order valence-electron chi connectivity index (χ2n) is 9.32. The number of halogens is 2. The molecule has 0 bridgehead atoms. The zero-order chi connectivity index (χ0) is 21.4. The number of alkyl halides is 2. The number of carbonyl (C=O) groups excluding carboxylic acids is 2. The first-order valence-corrected chi connectivity index (χ1v) is 12.5. The number of ketones is 1. The Balaban J connectivity index is 1.82. The van der Waals surface area contributed by atoms with Crippen LogP contribution in [0.15, 0.2) is 36.0 Å². The van der Waals surface area contributed by atoms with Gasteiger partial charge in [0, 0.05) is 0 Å². The van der Waals surface area contributed by atoms with Crippen molar-refractivity contribution in [1.82, 2.24) is 0 Å². The van der Waals surface area contributed by atoms with E-state index in [4.69, 9.17) is 11.6 Å². The average Bonchev–Trinajstić information content (AvgIpc) is 2.85. The van der Waals surface area contributed by atoms with Crippen LogP contribution in [0.1, 0.15) is 39.5 Å². The number of aliphatic hydroxyl groups is 2.